The van der Waals surface area contributed by atoms with Crippen LogP contribution in [0.1, 0.15) is 36.7 Å². The Morgan fingerprint density at radius 3 is 2.34 bits per heavy atom. The molecule has 0 radical (unpaired) electrons. The highest BCUT2D eigenvalue weighted by Gasteiger charge is 2.26. The number of hydrogen-bond acceptors (Lipinski definition) is 8. The van der Waals surface area contributed by atoms with Gasteiger partial charge in [0, 0.05) is 48.9 Å². The third-order valence-corrected chi connectivity index (χ3v) is 8.81. The van der Waals surface area contributed by atoms with Crippen LogP contribution in [0.15, 0.2) is 76.4 Å². The summed E-state index contributed by atoms with van der Waals surface area (Å²) in [4.78, 5) is 62.2. The Morgan fingerprint density at radius 2 is 1.72 bits per heavy atom. The molecule has 3 amide bonds. The number of benzene rings is 2. The molecular formula is C32H31F2N7O5S. The molecule has 0 saturated carbocycles. The van der Waals surface area contributed by atoms with Crippen LogP contribution in [0.3, 0.4) is 0 Å². The monoisotopic (exact) mass is 663 g/mol. The SMILES string of the molecule is CONC(=O)Nc1ccc(-c2sc3c(c2CNC(C)c2ccccn2)c(=O)n(N(C)C(C)=O)c(=O)n3Cc2c(F)cccc2F)cc1. The molecular weight excluding hydrogens is 632 g/mol. The summed E-state index contributed by atoms with van der Waals surface area (Å²) in [5, 5.41) is 6.97. The van der Waals surface area contributed by atoms with Crippen molar-refractivity contribution in [1.29, 1.82) is 0 Å². The number of anilines is 1. The van der Waals surface area contributed by atoms with E-state index in [1.54, 1.807) is 36.5 Å². The van der Waals surface area contributed by atoms with Gasteiger partial charge in [0.2, 0.25) is 5.91 Å². The van der Waals surface area contributed by atoms with E-state index in [1.807, 2.05) is 19.1 Å². The number of urea groups is 1. The molecule has 5 rings (SSSR count). The minimum atomic E-state index is -0.944. The smallest absolute Gasteiger partial charge is 0.306 e. The summed E-state index contributed by atoms with van der Waals surface area (Å²) in [5.41, 5.74) is 2.39. The van der Waals surface area contributed by atoms with Crippen LogP contribution in [0.4, 0.5) is 19.3 Å². The first kappa shape index (κ1) is 33.1. The first-order valence-electron chi connectivity index (χ1n) is 14.3. The highest BCUT2D eigenvalue weighted by atomic mass is 32.1. The van der Waals surface area contributed by atoms with Crippen LogP contribution in [0, 0.1) is 11.6 Å². The molecule has 0 bridgehead atoms. The topological polar surface area (TPSA) is 140 Å². The number of nitrogens with zero attached hydrogens (tertiary/aromatic N) is 4. The molecule has 0 aliphatic rings. The lowest BCUT2D eigenvalue weighted by atomic mass is 10.1. The summed E-state index contributed by atoms with van der Waals surface area (Å²) >= 11 is 1.09. The van der Waals surface area contributed by atoms with Crippen LogP contribution in [0.25, 0.3) is 20.7 Å². The number of fused-ring (bicyclic) bond motifs is 1. The number of hydroxylamine groups is 1. The highest BCUT2D eigenvalue weighted by Crippen LogP contribution is 2.38. The summed E-state index contributed by atoms with van der Waals surface area (Å²) in [6.45, 7) is 2.67. The molecule has 1 atom stereocenters. The molecule has 0 aliphatic carbocycles. The van der Waals surface area contributed by atoms with Crippen molar-refractivity contribution in [2.75, 3.05) is 24.5 Å². The first-order valence-corrected chi connectivity index (χ1v) is 15.2. The summed E-state index contributed by atoms with van der Waals surface area (Å²) in [6, 6.07) is 14.8. The average molecular weight is 664 g/mol. The molecule has 47 heavy (non-hydrogen) atoms. The lowest BCUT2D eigenvalue weighted by Gasteiger charge is -2.20. The number of hydrogen-bond donors (Lipinski definition) is 3. The van der Waals surface area contributed by atoms with E-state index in [-0.39, 0.29) is 28.4 Å². The zero-order valence-corrected chi connectivity index (χ0v) is 26.7. The van der Waals surface area contributed by atoms with Crippen molar-refractivity contribution in [3.63, 3.8) is 0 Å². The number of halogens is 2. The van der Waals surface area contributed by atoms with Crippen LogP contribution in [0.5, 0.6) is 0 Å². The zero-order valence-electron chi connectivity index (χ0n) is 25.8. The molecule has 244 valence electrons. The van der Waals surface area contributed by atoms with Crippen molar-refractivity contribution in [3.8, 4) is 10.4 Å². The molecule has 3 N–H and O–H groups in total. The van der Waals surface area contributed by atoms with Gasteiger partial charge in [-0.05, 0) is 54.4 Å². The second kappa shape index (κ2) is 14.0. The van der Waals surface area contributed by atoms with Crippen molar-refractivity contribution in [1.82, 2.24) is 25.0 Å². The average Bonchev–Trinajstić information content (AvgIpc) is 3.43. The minimum Gasteiger partial charge on any atom is -0.306 e. The number of aromatic nitrogens is 3. The van der Waals surface area contributed by atoms with E-state index in [9.17, 15) is 28.0 Å². The van der Waals surface area contributed by atoms with Gasteiger partial charge in [0.15, 0.2) is 0 Å². The minimum absolute atomic E-state index is 0.0943. The fourth-order valence-corrected chi connectivity index (χ4v) is 6.30. The molecule has 5 aromatic rings. The van der Waals surface area contributed by atoms with E-state index in [2.05, 4.69) is 25.9 Å². The van der Waals surface area contributed by atoms with Gasteiger partial charge in [0.05, 0.1) is 24.7 Å². The maximum absolute atomic E-state index is 14.9. The Kier molecular flexibility index (Phi) is 9.89. The molecule has 0 spiro atoms. The fourth-order valence-electron chi connectivity index (χ4n) is 4.99. The van der Waals surface area contributed by atoms with Crippen molar-refractivity contribution >= 4 is 39.2 Å². The van der Waals surface area contributed by atoms with Crippen LogP contribution in [-0.2, 0) is 22.7 Å². The van der Waals surface area contributed by atoms with Gasteiger partial charge in [-0.15, -0.1) is 11.3 Å². The molecule has 0 saturated heterocycles. The van der Waals surface area contributed by atoms with Crippen molar-refractivity contribution < 1.29 is 23.2 Å². The van der Waals surface area contributed by atoms with E-state index in [0.717, 1.165) is 38.7 Å². The van der Waals surface area contributed by atoms with Gasteiger partial charge in [-0.25, -0.2) is 28.9 Å². The van der Waals surface area contributed by atoms with Crippen molar-refractivity contribution in [3.05, 3.63) is 116 Å². The molecule has 1 unspecified atom stereocenters. The van der Waals surface area contributed by atoms with Crippen molar-refractivity contribution in [2.45, 2.75) is 33.0 Å². The summed E-state index contributed by atoms with van der Waals surface area (Å²) in [7, 11) is 2.57. The van der Waals surface area contributed by atoms with E-state index >= 15 is 0 Å². The largest absolute Gasteiger partial charge is 0.351 e. The zero-order chi connectivity index (χ0) is 33.8. The number of carbonyl (C=O) groups excluding carboxylic acids is 2. The third-order valence-electron chi connectivity index (χ3n) is 7.50. The second-order valence-corrected chi connectivity index (χ2v) is 11.5. The summed E-state index contributed by atoms with van der Waals surface area (Å²) in [5.74, 6) is -2.34. The Morgan fingerprint density at radius 1 is 1.02 bits per heavy atom. The van der Waals surface area contributed by atoms with Crippen molar-refractivity contribution in [2.24, 2.45) is 0 Å². The Balaban J connectivity index is 1.74. The number of nitrogens with one attached hydrogen (secondary N) is 3. The molecule has 12 nitrogen and oxygen atoms in total. The van der Waals surface area contributed by atoms with Crippen LogP contribution >= 0.6 is 11.3 Å². The van der Waals surface area contributed by atoms with Gasteiger partial charge in [-0.1, -0.05) is 24.3 Å². The number of rotatable bonds is 10. The number of amides is 3. The summed E-state index contributed by atoms with van der Waals surface area (Å²) < 4.78 is 31.5. The number of pyridine rings is 1. The maximum atomic E-state index is 14.9. The molecule has 3 aromatic heterocycles. The standard InChI is InChI=1S/C32H31F2N7O5S/c1-18(26-10-5-6-15-35-26)36-16-22-27-29(43)41(39(3)19(2)42)32(45)40(17-23-24(33)8-7-9-25(23)34)30(27)47-28(22)20-11-13-21(14-12-20)37-31(44)38-46-4/h5-15,18,36H,16-17H2,1-4H3,(H2,37,38,44). The van der Waals surface area contributed by atoms with E-state index in [0.29, 0.717) is 26.4 Å². The lowest BCUT2D eigenvalue weighted by molar-refractivity contribution is -0.117. The van der Waals surface area contributed by atoms with Crippen LogP contribution in [0.2, 0.25) is 0 Å². The second-order valence-electron chi connectivity index (χ2n) is 10.5. The Labute approximate surface area is 271 Å². The molecule has 0 fully saturated rings. The number of carbonyl (C=O) groups is 2. The quantitative estimate of drug-likeness (QED) is 0.190. The van der Waals surface area contributed by atoms with Gasteiger partial charge >= 0.3 is 11.7 Å². The third kappa shape index (κ3) is 6.82. The van der Waals surface area contributed by atoms with E-state index in [4.69, 9.17) is 0 Å². The summed E-state index contributed by atoms with van der Waals surface area (Å²) in [6.07, 6.45) is 1.66. The Hall–Kier alpha value is -5.25. The molecule has 3 heterocycles. The predicted molar refractivity (Wildman–Crippen MR) is 175 cm³/mol. The van der Waals surface area contributed by atoms with Gasteiger partial charge in [0.1, 0.15) is 16.5 Å². The normalized spacial score (nSPS) is 11.8. The molecule has 2 aromatic carbocycles. The van der Waals surface area contributed by atoms with Gasteiger partial charge in [0.25, 0.3) is 5.56 Å². The highest BCUT2D eigenvalue weighted by molar-refractivity contribution is 7.22. The van der Waals surface area contributed by atoms with Gasteiger partial charge in [-0.3, -0.25) is 24.0 Å². The molecule has 15 heteroatoms. The fraction of sp³-hybridized carbons (Fsp3) is 0.219. The van der Waals surface area contributed by atoms with E-state index in [1.165, 1.54) is 27.1 Å². The van der Waals surface area contributed by atoms with Gasteiger partial charge in [-0.2, -0.15) is 4.68 Å². The van der Waals surface area contributed by atoms with E-state index < -0.39 is 41.4 Å². The maximum Gasteiger partial charge on any atom is 0.351 e. The number of thiophene rings is 1. The van der Waals surface area contributed by atoms with Gasteiger partial charge < -0.3 is 10.6 Å². The van der Waals surface area contributed by atoms with Crippen LogP contribution < -0.4 is 32.4 Å². The van der Waals surface area contributed by atoms with Crippen LogP contribution in [-0.4, -0.2) is 40.3 Å². The Bertz CT molecular complexity index is 2040. The predicted octanol–water partition coefficient (Wildman–Crippen LogP) is 4.26. The first-order chi connectivity index (χ1) is 22.5. The molecule has 0 aliphatic heterocycles. The lowest BCUT2D eigenvalue weighted by Crippen LogP contribution is -2.52.